The van der Waals surface area contributed by atoms with E-state index in [4.69, 9.17) is 4.74 Å². The maximum absolute atomic E-state index is 12.6. The molecule has 0 saturated carbocycles. The minimum atomic E-state index is -0.421. The maximum atomic E-state index is 12.6. The molecule has 0 radical (unpaired) electrons. The number of rotatable bonds is 4. The van der Waals surface area contributed by atoms with E-state index in [-0.39, 0.29) is 12.5 Å². The Balaban J connectivity index is 1.69. The highest BCUT2D eigenvalue weighted by atomic mass is 79.9. The molecule has 0 aliphatic carbocycles. The number of ether oxygens (including phenoxy) is 1. The molecule has 0 atom stereocenters. The fraction of sp³-hybridized carbons (Fsp3) is 0.421. The number of benzene rings is 1. The van der Waals surface area contributed by atoms with Gasteiger partial charge in [-0.25, -0.2) is 0 Å². The summed E-state index contributed by atoms with van der Waals surface area (Å²) in [4.78, 5) is 40.4. The predicted octanol–water partition coefficient (Wildman–Crippen LogP) is 3.75. The van der Waals surface area contributed by atoms with Crippen LogP contribution in [0.1, 0.15) is 25.3 Å². The van der Waals surface area contributed by atoms with E-state index >= 15 is 0 Å². The van der Waals surface area contributed by atoms with Crippen LogP contribution < -0.4 is 4.74 Å². The van der Waals surface area contributed by atoms with Gasteiger partial charge in [0, 0.05) is 13.1 Å². The summed E-state index contributed by atoms with van der Waals surface area (Å²) in [5, 5.41) is -0.405. The fourth-order valence-electron chi connectivity index (χ4n) is 3.05. The SMILES string of the molecule is COc1ccc(/C=C2/SC(=O)N(CC(=O)N3CCC(C)CC3)C2=O)cc1Br. The lowest BCUT2D eigenvalue weighted by Gasteiger charge is -2.31. The molecule has 2 saturated heterocycles. The zero-order valence-electron chi connectivity index (χ0n) is 15.2. The van der Waals surface area contributed by atoms with Gasteiger partial charge in [0.25, 0.3) is 11.1 Å². The van der Waals surface area contributed by atoms with Crippen LogP contribution in [0, 0.1) is 5.92 Å². The van der Waals surface area contributed by atoms with E-state index < -0.39 is 11.1 Å². The molecular weight excluding hydrogens is 432 g/mol. The van der Waals surface area contributed by atoms with Crippen molar-refractivity contribution in [1.29, 1.82) is 0 Å². The van der Waals surface area contributed by atoms with Crippen LogP contribution in [0.2, 0.25) is 0 Å². The summed E-state index contributed by atoms with van der Waals surface area (Å²) in [7, 11) is 1.57. The molecule has 3 rings (SSSR count). The number of hydrogen-bond donors (Lipinski definition) is 0. The van der Waals surface area contributed by atoms with Crippen molar-refractivity contribution >= 4 is 50.8 Å². The summed E-state index contributed by atoms with van der Waals surface area (Å²) in [5.41, 5.74) is 0.768. The van der Waals surface area contributed by atoms with E-state index in [0.717, 1.165) is 39.5 Å². The first-order valence-electron chi connectivity index (χ1n) is 8.75. The van der Waals surface area contributed by atoms with Gasteiger partial charge in [0.1, 0.15) is 12.3 Å². The summed E-state index contributed by atoms with van der Waals surface area (Å²) >= 11 is 4.27. The molecule has 3 amide bonds. The van der Waals surface area contributed by atoms with Crippen LogP contribution in [0.3, 0.4) is 0 Å². The van der Waals surface area contributed by atoms with Gasteiger partial charge in [0.15, 0.2) is 0 Å². The van der Waals surface area contributed by atoms with Crippen LogP contribution in [-0.2, 0) is 9.59 Å². The molecule has 8 heteroatoms. The predicted molar refractivity (Wildman–Crippen MR) is 108 cm³/mol. The van der Waals surface area contributed by atoms with Crippen molar-refractivity contribution < 1.29 is 19.1 Å². The number of amides is 3. The number of halogens is 1. The molecule has 144 valence electrons. The van der Waals surface area contributed by atoms with Gasteiger partial charge in [-0.1, -0.05) is 13.0 Å². The molecule has 2 heterocycles. The monoisotopic (exact) mass is 452 g/mol. The highest BCUT2D eigenvalue weighted by Gasteiger charge is 2.37. The van der Waals surface area contributed by atoms with Crippen molar-refractivity contribution in [2.24, 2.45) is 5.92 Å². The average molecular weight is 453 g/mol. The van der Waals surface area contributed by atoms with E-state index in [2.05, 4.69) is 22.9 Å². The van der Waals surface area contributed by atoms with E-state index in [1.165, 1.54) is 0 Å². The Morgan fingerprint density at radius 3 is 2.67 bits per heavy atom. The number of hydrogen-bond acceptors (Lipinski definition) is 5. The Morgan fingerprint density at radius 1 is 1.33 bits per heavy atom. The van der Waals surface area contributed by atoms with Crippen LogP contribution in [0.25, 0.3) is 6.08 Å². The number of thioether (sulfide) groups is 1. The highest BCUT2D eigenvalue weighted by Crippen LogP contribution is 2.34. The summed E-state index contributed by atoms with van der Waals surface area (Å²) < 4.78 is 5.95. The highest BCUT2D eigenvalue weighted by molar-refractivity contribution is 9.10. The summed E-state index contributed by atoms with van der Waals surface area (Å²) in [6.45, 7) is 3.35. The molecule has 0 aromatic heterocycles. The van der Waals surface area contributed by atoms with E-state index in [0.29, 0.717) is 29.7 Å². The van der Waals surface area contributed by atoms with E-state index in [1.807, 2.05) is 6.07 Å². The molecule has 2 aliphatic heterocycles. The Kier molecular flexibility index (Phi) is 6.26. The van der Waals surface area contributed by atoms with Crippen LogP contribution in [0.4, 0.5) is 4.79 Å². The Morgan fingerprint density at radius 2 is 2.04 bits per heavy atom. The average Bonchev–Trinajstić information content (AvgIpc) is 2.90. The van der Waals surface area contributed by atoms with Gasteiger partial charge < -0.3 is 9.64 Å². The molecule has 2 aliphatic rings. The topological polar surface area (TPSA) is 66.9 Å². The van der Waals surface area contributed by atoms with Crippen LogP contribution in [0.15, 0.2) is 27.6 Å². The van der Waals surface area contributed by atoms with Crippen LogP contribution in [-0.4, -0.2) is 53.6 Å². The molecule has 6 nitrogen and oxygen atoms in total. The van der Waals surface area contributed by atoms with Gasteiger partial charge in [0.2, 0.25) is 5.91 Å². The third-order valence-electron chi connectivity index (χ3n) is 4.78. The number of likely N-dealkylation sites (tertiary alicyclic amines) is 1. The van der Waals surface area contributed by atoms with Gasteiger partial charge in [-0.2, -0.15) is 0 Å². The smallest absolute Gasteiger partial charge is 0.294 e. The third kappa shape index (κ3) is 4.55. The Hall–Kier alpha value is -1.80. The first-order valence-corrected chi connectivity index (χ1v) is 10.4. The molecular formula is C19H21BrN2O4S. The lowest BCUT2D eigenvalue weighted by molar-refractivity contribution is -0.136. The lowest BCUT2D eigenvalue weighted by atomic mass is 9.99. The second-order valence-corrected chi connectivity index (χ2v) is 8.57. The molecule has 27 heavy (non-hydrogen) atoms. The largest absolute Gasteiger partial charge is 0.496 e. The number of imide groups is 1. The van der Waals surface area contributed by atoms with Crippen LogP contribution >= 0.6 is 27.7 Å². The summed E-state index contributed by atoms with van der Waals surface area (Å²) in [6, 6.07) is 5.39. The molecule has 0 bridgehead atoms. The number of carbonyl (C=O) groups excluding carboxylic acids is 3. The van der Waals surface area contributed by atoms with Crippen molar-refractivity contribution in [2.45, 2.75) is 19.8 Å². The Labute approximate surface area is 171 Å². The van der Waals surface area contributed by atoms with Crippen LogP contribution in [0.5, 0.6) is 5.75 Å². The normalized spacial score (nSPS) is 19.9. The number of piperidine rings is 1. The second kappa shape index (κ2) is 8.48. The first-order chi connectivity index (χ1) is 12.9. The van der Waals surface area contributed by atoms with Gasteiger partial charge in [-0.15, -0.1) is 0 Å². The number of carbonyl (C=O) groups is 3. The first kappa shape index (κ1) is 19.9. The minimum absolute atomic E-state index is 0.169. The molecule has 2 fully saturated rings. The summed E-state index contributed by atoms with van der Waals surface area (Å²) in [5.74, 6) is 0.702. The standard InChI is InChI=1S/C19H21BrN2O4S/c1-12-5-7-21(8-6-12)17(23)11-22-18(24)16(27-19(22)25)10-13-3-4-15(26-2)14(20)9-13/h3-4,9-10,12H,5-8,11H2,1-2H3/b16-10+. The second-order valence-electron chi connectivity index (χ2n) is 6.73. The number of methoxy groups -OCH3 is 1. The van der Waals surface area contributed by atoms with Crippen molar-refractivity contribution in [2.75, 3.05) is 26.7 Å². The number of nitrogens with zero attached hydrogens (tertiary/aromatic N) is 2. The lowest BCUT2D eigenvalue weighted by Crippen LogP contribution is -2.45. The van der Waals surface area contributed by atoms with Crippen molar-refractivity contribution in [3.63, 3.8) is 0 Å². The fourth-order valence-corrected chi connectivity index (χ4v) is 4.45. The molecule has 1 aromatic carbocycles. The summed E-state index contributed by atoms with van der Waals surface area (Å²) in [6.07, 6.45) is 3.57. The molecule has 0 spiro atoms. The molecule has 0 unspecified atom stereocenters. The third-order valence-corrected chi connectivity index (χ3v) is 6.30. The van der Waals surface area contributed by atoms with Gasteiger partial charge in [-0.3, -0.25) is 19.3 Å². The minimum Gasteiger partial charge on any atom is -0.496 e. The van der Waals surface area contributed by atoms with Gasteiger partial charge in [-0.05, 0) is 70.2 Å². The molecule has 0 N–H and O–H groups in total. The van der Waals surface area contributed by atoms with Crippen molar-refractivity contribution in [1.82, 2.24) is 9.80 Å². The molecule has 1 aromatic rings. The maximum Gasteiger partial charge on any atom is 0.294 e. The van der Waals surface area contributed by atoms with Crippen molar-refractivity contribution in [3.8, 4) is 5.75 Å². The van der Waals surface area contributed by atoms with Gasteiger partial charge >= 0.3 is 0 Å². The van der Waals surface area contributed by atoms with Crippen molar-refractivity contribution in [3.05, 3.63) is 33.1 Å². The van der Waals surface area contributed by atoms with E-state index in [9.17, 15) is 14.4 Å². The van der Waals surface area contributed by atoms with Gasteiger partial charge in [0.05, 0.1) is 16.5 Å². The van der Waals surface area contributed by atoms with E-state index in [1.54, 1.807) is 30.2 Å². The Bertz CT molecular complexity index is 803. The zero-order chi connectivity index (χ0) is 19.6. The quantitative estimate of drug-likeness (QED) is 0.650. The zero-order valence-corrected chi connectivity index (χ0v) is 17.6.